The summed E-state index contributed by atoms with van der Waals surface area (Å²) >= 11 is 0. The van der Waals surface area contributed by atoms with Gasteiger partial charge in [-0.15, -0.1) is 0 Å². The number of rotatable bonds is 5. The minimum absolute atomic E-state index is 0.0156. The van der Waals surface area contributed by atoms with Crippen LogP contribution >= 0.6 is 0 Å². The third-order valence-electron chi connectivity index (χ3n) is 4.59. The number of carbonyl (C=O) groups excluding carboxylic acids is 1. The number of carbonyl (C=O) groups is 1. The average Bonchev–Trinajstić information content (AvgIpc) is 2.47. The minimum Gasteiger partial charge on any atom is -0.351 e. The van der Waals surface area contributed by atoms with Crippen LogP contribution in [0.3, 0.4) is 0 Å². The summed E-state index contributed by atoms with van der Waals surface area (Å²) in [6.45, 7) is 8.22. The van der Waals surface area contributed by atoms with Crippen LogP contribution in [0.4, 0.5) is 0 Å². The number of hydrogen-bond donors (Lipinski definition) is 2. The molecular weight excluding hydrogens is 260 g/mol. The molecule has 3 unspecified atom stereocenters. The van der Waals surface area contributed by atoms with E-state index in [1.54, 1.807) is 0 Å². The first-order valence-electron chi connectivity index (χ1n) is 8.14. The summed E-state index contributed by atoms with van der Waals surface area (Å²) in [4.78, 5) is 12.0. The van der Waals surface area contributed by atoms with E-state index in [1.807, 2.05) is 31.2 Å². The topological polar surface area (TPSA) is 41.1 Å². The Morgan fingerprint density at radius 3 is 2.57 bits per heavy atom. The van der Waals surface area contributed by atoms with E-state index in [-0.39, 0.29) is 5.91 Å². The van der Waals surface area contributed by atoms with E-state index in [0.29, 0.717) is 12.6 Å². The Balaban J connectivity index is 1.69. The zero-order chi connectivity index (χ0) is 15.2. The van der Waals surface area contributed by atoms with Crippen molar-refractivity contribution in [3.8, 4) is 0 Å². The van der Waals surface area contributed by atoms with Crippen molar-refractivity contribution in [2.75, 3.05) is 13.1 Å². The Hall–Kier alpha value is -1.35. The maximum atomic E-state index is 12.0. The molecular formula is C18H28N2O. The molecule has 116 valence electrons. The Kier molecular flexibility index (Phi) is 5.80. The van der Waals surface area contributed by atoms with E-state index >= 15 is 0 Å². The molecule has 2 rings (SSSR count). The second-order valence-electron chi connectivity index (χ2n) is 6.58. The van der Waals surface area contributed by atoms with Crippen LogP contribution in [0, 0.1) is 18.8 Å². The van der Waals surface area contributed by atoms with Gasteiger partial charge in [0.05, 0.1) is 0 Å². The molecule has 1 saturated carbocycles. The number of benzene rings is 1. The summed E-state index contributed by atoms with van der Waals surface area (Å²) in [7, 11) is 0. The molecule has 0 heterocycles. The van der Waals surface area contributed by atoms with Crippen LogP contribution in [0.2, 0.25) is 0 Å². The third kappa shape index (κ3) is 4.85. The van der Waals surface area contributed by atoms with Gasteiger partial charge in [-0.25, -0.2) is 0 Å². The first-order valence-corrected chi connectivity index (χ1v) is 8.14. The second-order valence-corrected chi connectivity index (χ2v) is 6.58. The van der Waals surface area contributed by atoms with Crippen molar-refractivity contribution in [2.45, 2.75) is 46.1 Å². The highest BCUT2D eigenvalue weighted by atomic mass is 16.1. The standard InChI is InChI=1S/C18H28N2O/c1-13-5-8-16(9-6-13)18(21)20-11-10-19-17-12-14(2)4-7-15(17)3/h5-6,8-9,14-15,17,19H,4,7,10-12H2,1-3H3,(H,20,21). The van der Waals surface area contributed by atoms with Crippen molar-refractivity contribution in [1.29, 1.82) is 0 Å². The molecule has 0 aliphatic heterocycles. The maximum absolute atomic E-state index is 12.0. The highest BCUT2D eigenvalue weighted by molar-refractivity contribution is 5.94. The average molecular weight is 288 g/mol. The molecule has 1 fully saturated rings. The normalized spacial score (nSPS) is 25.6. The maximum Gasteiger partial charge on any atom is 0.251 e. The quantitative estimate of drug-likeness (QED) is 0.817. The first kappa shape index (κ1) is 16.0. The molecule has 3 heteroatoms. The van der Waals surface area contributed by atoms with Crippen molar-refractivity contribution in [2.24, 2.45) is 11.8 Å². The Morgan fingerprint density at radius 2 is 1.86 bits per heavy atom. The van der Waals surface area contributed by atoms with Crippen LogP contribution in [-0.2, 0) is 0 Å². The van der Waals surface area contributed by atoms with Gasteiger partial charge in [0.25, 0.3) is 5.91 Å². The van der Waals surface area contributed by atoms with Crippen molar-refractivity contribution in [3.63, 3.8) is 0 Å². The Bertz CT molecular complexity index is 455. The summed E-state index contributed by atoms with van der Waals surface area (Å²) in [5.74, 6) is 1.58. The molecule has 1 aliphatic rings. The van der Waals surface area contributed by atoms with Crippen LogP contribution in [0.25, 0.3) is 0 Å². The molecule has 1 aromatic rings. The lowest BCUT2D eigenvalue weighted by Crippen LogP contribution is -2.43. The molecule has 1 aliphatic carbocycles. The smallest absolute Gasteiger partial charge is 0.251 e. The molecule has 2 N–H and O–H groups in total. The van der Waals surface area contributed by atoms with E-state index in [1.165, 1.54) is 24.8 Å². The van der Waals surface area contributed by atoms with Crippen LogP contribution in [0.15, 0.2) is 24.3 Å². The predicted octanol–water partition coefficient (Wildman–Crippen LogP) is 3.14. The van der Waals surface area contributed by atoms with Gasteiger partial charge in [-0.1, -0.05) is 38.0 Å². The van der Waals surface area contributed by atoms with Crippen molar-refractivity contribution < 1.29 is 4.79 Å². The largest absolute Gasteiger partial charge is 0.351 e. The molecule has 3 nitrogen and oxygen atoms in total. The summed E-state index contributed by atoms with van der Waals surface area (Å²) in [5.41, 5.74) is 1.91. The van der Waals surface area contributed by atoms with Gasteiger partial charge in [0, 0.05) is 24.7 Å². The Morgan fingerprint density at radius 1 is 1.14 bits per heavy atom. The van der Waals surface area contributed by atoms with Crippen LogP contribution in [0.1, 0.15) is 49.0 Å². The van der Waals surface area contributed by atoms with Gasteiger partial charge in [-0.2, -0.15) is 0 Å². The fraction of sp³-hybridized carbons (Fsp3) is 0.611. The zero-order valence-corrected chi connectivity index (χ0v) is 13.5. The van der Waals surface area contributed by atoms with E-state index in [4.69, 9.17) is 0 Å². The molecule has 1 amide bonds. The fourth-order valence-electron chi connectivity index (χ4n) is 3.06. The van der Waals surface area contributed by atoms with Gasteiger partial charge in [0.15, 0.2) is 0 Å². The van der Waals surface area contributed by atoms with Crippen molar-refractivity contribution in [1.82, 2.24) is 10.6 Å². The molecule has 21 heavy (non-hydrogen) atoms. The van der Waals surface area contributed by atoms with Crippen molar-refractivity contribution in [3.05, 3.63) is 35.4 Å². The van der Waals surface area contributed by atoms with E-state index in [0.717, 1.165) is 23.9 Å². The monoisotopic (exact) mass is 288 g/mol. The van der Waals surface area contributed by atoms with Gasteiger partial charge < -0.3 is 10.6 Å². The number of aryl methyl sites for hydroxylation is 1. The minimum atomic E-state index is 0.0156. The molecule has 0 radical (unpaired) electrons. The van der Waals surface area contributed by atoms with Gasteiger partial charge in [-0.05, 0) is 43.7 Å². The van der Waals surface area contributed by atoms with Gasteiger partial charge >= 0.3 is 0 Å². The molecule has 3 atom stereocenters. The third-order valence-corrected chi connectivity index (χ3v) is 4.59. The van der Waals surface area contributed by atoms with Crippen LogP contribution in [0.5, 0.6) is 0 Å². The molecule has 0 saturated heterocycles. The highest BCUT2D eigenvalue weighted by Crippen LogP contribution is 2.28. The zero-order valence-electron chi connectivity index (χ0n) is 13.5. The summed E-state index contributed by atoms with van der Waals surface area (Å²) in [5, 5.41) is 6.59. The summed E-state index contributed by atoms with van der Waals surface area (Å²) in [6, 6.07) is 8.30. The van der Waals surface area contributed by atoms with Gasteiger partial charge in [0.2, 0.25) is 0 Å². The lowest BCUT2D eigenvalue weighted by atomic mass is 9.80. The fourth-order valence-corrected chi connectivity index (χ4v) is 3.06. The molecule has 0 bridgehead atoms. The SMILES string of the molecule is Cc1ccc(C(=O)NCCNC2CC(C)CCC2C)cc1. The van der Waals surface area contributed by atoms with Gasteiger partial charge in [0.1, 0.15) is 0 Å². The highest BCUT2D eigenvalue weighted by Gasteiger charge is 2.24. The summed E-state index contributed by atoms with van der Waals surface area (Å²) in [6.07, 6.45) is 3.92. The number of nitrogens with one attached hydrogen (secondary N) is 2. The lowest BCUT2D eigenvalue weighted by molar-refractivity contribution is 0.0952. The van der Waals surface area contributed by atoms with Gasteiger partial charge in [-0.3, -0.25) is 4.79 Å². The Labute approximate surface area is 128 Å². The van der Waals surface area contributed by atoms with E-state index in [9.17, 15) is 4.79 Å². The predicted molar refractivity (Wildman–Crippen MR) is 87.5 cm³/mol. The van der Waals surface area contributed by atoms with E-state index in [2.05, 4.69) is 24.5 Å². The summed E-state index contributed by atoms with van der Waals surface area (Å²) < 4.78 is 0. The lowest BCUT2D eigenvalue weighted by Gasteiger charge is -2.33. The second kappa shape index (κ2) is 7.60. The first-order chi connectivity index (χ1) is 10.1. The number of hydrogen-bond acceptors (Lipinski definition) is 2. The molecule has 0 aromatic heterocycles. The van der Waals surface area contributed by atoms with Crippen molar-refractivity contribution >= 4 is 5.91 Å². The van der Waals surface area contributed by atoms with E-state index < -0.39 is 0 Å². The van der Waals surface area contributed by atoms with Crippen LogP contribution < -0.4 is 10.6 Å². The molecule has 1 aromatic carbocycles. The van der Waals surface area contributed by atoms with Crippen LogP contribution in [-0.4, -0.2) is 25.0 Å². The molecule has 0 spiro atoms. The number of amides is 1.